The first-order valence-electron chi connectivity index (χ1n) is 10.6. The number of aromatic nitrogens is 3. The van der Waals surface area contributed by atoms with Crippen molar-refractivity contribution in [3.05, 3.63) is 59.7 Å². The first-order chi connectivity index (χ1) is 15.6. The third kappa shape index (κ3) is 4.67. The summed E-state index contributed by atoms with van der Waals surface area (Å²) in [6.45, 7) is 4.98. The van der Waals surface area contributed by atoms with Crippen molar-refractivity contribution in [3.8, 4) is 0 Å². The fraction of sp³-hybridized carbons (Fsp3) is 0.261. The maximum absolute atomic E-state index is 13.0. The summed E-state index contributed by atoms with van der Waals surface area (Å²) in [4.78, 5) is 22.5. The lowest BCUT2D eigenvalue weighted by Crippen LogP contribution is -2.28. The number of benzene rings is 2. The van der Waals surface area contributed by atoms with E-state index < -0.39 is 10.0 Å². The molecule has 33 heavy (non-hydrogen) atoms. The molecule has 172 valence electrons. The van der Waals surface area contributed by atoms with E-state index in [0.717, 1.165) is 5.56 Å². The summed E-state index contributed by atoms with van der Waals surface area (Å²) < 4.78 is 24.8. The molecule has 0 saturated heterocycles. The van der Waals surface area contributed by atoms with Crippen molar-refractivity contribution >= 4 is 43.9 Å². The zero-order valence-electron chi connectivity index (χ0n) is 18.4. The van der Waals surface area contributed by atoms with Crippen LogP contribution in [0.15, 0.2) is 53.4 Å². The van der Waals surface area contributed by atoms with Crippen molar-refractivity contribution in [1.82, 2.24) is 19.9 Å². The number of rotatable bonds is 7. The molecule has 2 aromatic heterocycles. The molecule has 1 amide bonds. The number of primary sulfonamides is 1. The molecule has 0 aliphatic carbocycles. The molecule has 5 N–H and O–H groups in total. The molecule has 10 heteroatoms. The Balaban J connectivity index is 1.74. The molecule has 0 saturated carbocycles. The Bertz CT molecular complexity index is 1440. The predicted octanol–water partition coefficient (Wildman–Crippen LogP) is 2.44. The van der Waals surface area contributed by atoms with Gasteiger partial charge in [-0.25, -0.2) is 23.5 Å². The van der Waals surface area contributed by atoms with Gasteiger partial charge in [0, 0.05) is 13.1 Å². The Kier molecular flexibility index (Phi) is 6.05. The Morgan fingerprint density at radius 1 is 1.06 bits per heavy atom. The number of carbonyl (C=O) groups is 1. The van der Waals surface area contributed by atoms with Gasteiger partial charge in [-0.05, 0) is 42.2 Å². The second-order valence-electron chi connectivity index (χ2n) is 8.34. The third-order valence-corrected chi connectivity index (χ3v) is 6.29. The molecular formula is C23H26N6O3S. The topological polar surface area (TPSA) is 146 Å². The summed E-state index contributed by atoms with van der Waals surface area (Å²) >= 11 is 0. The fourth-order valence-corrected chi connectivity index (χ4v) is 4.15. The number of sulfonamides is 1. The van der Waals surface area contributed by atoms with Crippen LogP contribution >= 0.6 is 0 Å². The van der Waals surface area contributed by atoms with Crippen LogP contribution in [-0.4, -0.2) is 35.4 Å². The number of aryl methyl sites for hydroxylation is 2. The standard InChI is InChI=1S/C23H26N6O3S/c1-14(2)13-26-23(30)19-20-22(28-18-6-4-3-5-17(18)27-20)29(21(19)24)12-11-15-7-9-16(10-8-15)33(25,31)32/h3-10,14H,11-13,24H2,1-2H3,(H,26,30)(H2,25,31,32). The van der Waals surface area contributed by atoms with Crippen molar-refractivity contribution in [1.29, 1.82) is 0 Å². The third-order valence-electron chi connectivity index (χ3n) is 5.37. The van der Waals surface area contributed by atoms with Gasteiger partial charge in [-0.3, -0.25) is 4.79 Å². The average Bonchev–Trinajstić information content (AvgIpc) is 3.04. The number of nitrogens with zero attached hydrogens (tertiary/aromatic N) is 3. The minimum Gasteiger partial charge on any atom is -0.384 e. The molecule has 2 heterocycles. The van der Waals surface area contributed by atoms with Crippen molar-refractivity contribution in [2.24, 2.45) is 11.1 Å². The summed E-state index contributed by atoms with van der Waals surface area (Å²) in [6.07, 6.45) is 0.542. The Hall–Kier alpha value is -3.50. The number of nitrogen functional groups attached to an aromatic ring is 1. The lowest BCUT2D eigenvalue weighted by Gasteiger charge is -2.09. The maximum atomic E-state index is 13.0. The van der Waals surface area contributed by atoms with E-state index in [1.165, 1.54) is 12.1 Å². The Morgan fingerprint density at radius 3 is 2.30 bits per heavy atom. The number of anilines is 1. The monoisotopic (exact) mass is 466 g/mol. The van der Waals surface area contributed by atoms with Gasteiger partial charge in [0.05, 0.1) is 15.9 Å². The van der Waals surface area contributed by atoms with Gasteiger partial charge in [-0.15, -0.1) is 0 Å². The number of nitrogens with one attached hydrogen (secondary N) is 1. The molecule has 0 aliphatic rings. The molecule has 9 nitrogen and oxygen atoms in total. The SMILES string of the molecule is CC(C)CNC(=O)c1c(N)n(CCc2ccc(S(N)(=O)=O)cc2)c2nc3ccccc3nc12. The van der Waals surface area contributed by atoms with Crippen LogP contribution in [0.25, 0.3) is 22.2 Å². The lowest BCUT2D eigenvalue weighted by molar-refractivity contribution is 0.0951. The second kappa shape index (κ2) is 8.80. The molecule has 0 spiro atoms. The van der Waals surface area contributed by atoms with E-state index in [1.54, 1.807) is 16.7 Å². The first-order valence-corrected chi connectivity index (χ1v) is 12.1. The highest BCUT2D eigenvalue weighted by Crippen LogP contribution is 2.28. The summed E-state index contributed by atoms with van der Waals surface area (Å²) in [5, 5.41) is 8.09. The molecule has 0 aliphatic heterocycles. The summed E-state index contributed by atoms with van der Waals surface area (Å²) in [5.74, 6) is 0.297. The smallest absolute Gasteiger partial charge is 0.257 e. The van der Waals surface area contributed by atoms with E-state index in [9.17, 15) is 13.2 Å². The summed E-state index contributed by atoms with van der Waals surface area (Å²) in [6, 6.07) is 13.8. The van der Waals surface area contributed by atoms with E-state index in [-0.39, 0.29) is 16.7 Å². The van der Waals surface area contributed by atoms with Crippen LogP contribution in [0.5, 0.6) is 0 Å². The van der Waals surface area contributed by atoms with E-state index in [0.29, 0.717) is 53.1 Å². The van der Waals surface area contributed by atoms with Crippen molar-refractivity contribution in [3.63, 3.8) is 0 Å². The van der Waals surface area contributed by atoms with Crippen molar-refractivity contribution in [2.45, 2.75) is 31.7 Å². The van der Waals surface area contributed by atoms with Gasteiger partial charge in [0.1, 0.15) is 16.9 Å². The van der Waals surface area contributed by atoms with Gasteiger partial charge in [0.2, 0.25) is 10.0 Å². The molecule has 0 unspecified atom stereocenters. The number of hydrogen-bond acceptors (Lipinski definition) is 6. The van der Waals surface area contributed by atoms with Gasteiger partial charge in [0.15, 0.2) is 5.65 Å². The number of para-hydroxylation sites is 2. The molecular weight excluding hydrogens is 440 g/mol. The first kappa shape index (κ1) is 22.7. The molecule has 0 bridgehead atoms. The normalized spacial score (nSPS) is 12.0. The number of hydrogen-bond donors (Lipinski definition) is 3. The number of nitrogens with two attached hydrogens (primary N) is 2. The summed E-state index contributed by atoms with van der Waals surface area (Å²) in [7, 11) is -3.75. The van der Waals surface area contributed by atoms with Crippen LogP contribution in [0.4, 0.5) is 5.82 Å². The van der Waals surface area contributed by atoms with Crippen LogP contribution in [0.3, 0.4) is 0 Å². The molecule has 4 rings (SSSR count). The Morgan fingerprint density at radius 2 is 1.70 bits per heavy atom. The minimum atomic E-state index is -3.75. The zero-order valence-corrected chi connectivity index (χ0v) is 19.3. The zero-order chi connectivity index (χ0) is 23.8. The van der Waals surface area contributed by atoms with Crippen LogP contribution in [0, 0.1) is 5.92 Å². The van der Waals surface area contributed by atoms with Crippen LogP contribution in [-0.2, 0) is 23.0 Å². The van der Waals surface area contributed by atoms with E-state index >= 15 is 0 Å². The maximum Gasteiger partial charge on any atom is 0.257 e. The lowest BCUT2D eigenvalue weighted by atomic mass is 10.1. The van der Waals surface area contributed by atoms with E-state index in [4.69, 9.17) is 20.8 Å². The van der Waals surface area contributed by atoms with Crippen LogP contribution < -0.4 is 16.2 Å². The van der Waals surface area contributed by atoms with Crippen molar-refractivity contribution < 1.29 is 13.2 Å². The minimum absolute atomic E-state index is 0.0543. The Labute approximate surface area is 191 Å². The van der Waals surface area contributed by atoms with Gasteiger partial charge >= 0.3 is 0 Å². The summed E-state index contributed by atoms with van der Waals surface area (Å²) in [5.41, 5.74) is 10.0. The molecule has 2 aromatic carbocycles. The van der Waals surface area contributed by atoms with Crippen LogP contribution in [0.2, 0.25) is 0 Å². The van der Waals surface area contributed by atoms with Gasteiger partial charge < -0.3 is 15.6 Å². The highest BCUT2D eigenvalue weighted by molar-refractivity contribution is 7.89. The van der Waals surface area contributed by atoms with Gasteiger partial charge in [-0.1, -0.05) is 38.1 Å². The molecule has 0 fully saturated rings. The largest absolute Gasteiger partial charge is 0.384 e. The molecule has 0 atom stereocenters. The second-order valence-corrected chi connectivity index (χ2v) is 9.90. The number of fused-ring (bicyclic) bond motifs is 2. The fourth-order valence-electron chi connectivity index (χ4n) is 3.64. The van der Waals surface area contributed by atoms with Crippen LogP contribution in [0.1, 0.15) is 29.8 Å². The highest BCUT2D eigenvalue weighted by atomic mass is 32.2. The average molecular weight is 467 g/mol. The van der Waals surface area contributed by atoms with Gasteiger partial charge in [-0.2, -0.15) is 0 Å². The number of carbonyl (C=O) groups excluding carboxylic acids is 1. The van der Waals surface area contributed by atoms with E-state index in [2.05, 4.69) is 5.32 Å². The molecule has 0 radical (unpaired) electrons. The van der Waals surface area contributed by atoms with Gasteiger partial charge in [0.25, 0.3) is 5.91 Å². The molecule has 4 aromatic rings. The highest BCUT2D eigenvalue weighted by Gasteiger charge is 2.24. The number of amides is 1. The predicted molar refractivity (Wildman–Crippen MR) is 128 cm³/mol. The quantitative estimate of drug-likeness (QED) is 0.381. The van der Waals surface area contributed by atoms with E-state index in [1.807, 2.05) is 38.1 Å². The van der Waals surface area contributed by atoms with Crippen molar-refractivity contribution in [2.75, 3.05) is 12.3 Å².